The van der Waals surface area contributed by atoms with E-state index in [0.29, 0.717) is 13.0 Å². The van der Waals surface area contributed by atoms with Crippen LogP contribution in [-0.4, -0.2) is 36.0 Å². The predicted molar refractivity (Wildman–Crippen MR) is 69.9 cm³/mol. The van der Waals surface area contributed by atoms with E-state index in [1.165, 1.54) is 0 Å². The molecule has 0 aromatic heterocycles. The second-order valence-corrected chi connectivity index (χ2v) is 5.03. The smallest absolute Gasteiger partial charge is 0.221 e. The lowest BCUT2D eigenvalue weighted by atomic mass is 10.2. The summed E-state index contributed by atoms with van der Waals surface area (Å²) in [6.45, 7) is 5.67. The third-order valence-electron chi connectivity index (χ3n) is 2.44. The topological polar surface area (TPSA) is 53.5 Å². The van der Waals surface area contributed by atoms with Gasteiger partial charge in [0.05, 0.1) is 0 Å². The molecule has 0 bridgehead atoms. The largest absolute Gasteiger partial charge is 0.364 e. The van der Waals surface area contributed by atoms with Crippen LogP contribution in [0.1, 0.15) is 33.1 Å². The van der Waals surface area contributed by atoms with Gasteiger partial charge in [-0.1, -0.05) is 18.7 Å². The Morgan fingerprint density at radius 3 is 3.06 bits per heavy atom. The number of rotatable bonds is 5. The molecule has 1 heterocycles. The van der Waals surface area contributed by atoms with Crippen LogP contribution in [0.25, 0.3) is 0 Å². The van der Waals surface area contributed by atoms with Crippen molar-refractivity contribution in [3.05, 3.63) is 0 Å². The molecule has 1 amide bonds. The number of nitrogens with zero attached hydrogens (tertiary/aromatic N) is 1. The molecule has 0 saturated carbocycles. The molecule has 0 radical (unpaired) electrons. The minimum Gasteiger partial charge on any atom is -0.364 e. The van der Waals surface area contributed by atoms with E-state index in [2.05, 4.69) is 22.5 Å². The van der Waals surface area contributed by atoms with Gasteiger partial charge in [-0.05, 0) is 19.8 Å². The molecule has 0 fully saturated rings. The van der Waals surface area contributed by atoms with Crippen LogP contribution < -0.4 is 10.6 Å². The molecule has 0 aliphatic carbocycles. The molecular weight excluding hydrogens is 222 g/mol. The van der Waals surface area contributed by atoms with Crippen molar-refractivity contribution in [1.29, 1.82) is 0 Å². The second kappa shape index (κ2) is 7.54. The van der Waals surface area contributed by atoms with E-state index in [1.54, 1.807) is 11.8 Å². The van der Waals surface area contributed by atoms with Crippen molar-refractivity contribution < 1.29 is 4.79 Å². The number of amidine groups is 1. The zero-order valence-corrected chi connectivity index (χ0v) is 10.9. The fourth-order valence-electron chi connectivity index (χ4n) is 1.30. The van der Waals surface area contributed by atoms with Crippen LogP contribution in [0.3, 0.4) is 0 Å². The lowest BCUT2D eigenvalue weighted by molar-refractivity contribution is -0.121. The highest BCUT2D eigenvalue weighted by atomic mass is 32.2. The van der Waals surface area contributed by atoms with Crippen molar-refractivity contribution >= 4 is 22.8 Å². The summed E-state index contributed by atoms with van der Waals surface area (Å²) in [4.78, 5) is 15.8. The first-order chi connectivity index (χ1) is 7.72. The van der Waals surface area contributed by atoms with Gasteiger partial charge in [0.2, 0.25) is 5.91 Å². The molecule has 5 heteroatoms. The summed E-state index contributed by atoms with van der Waals surface area (Å²) < 4.78 is 0. The minimum absolute atomic E-state index is 0.114. The molecule has 1 atom stereocenters. The highest BCUT2D eigenvalue weighted by Gasteiger charge is 2.07. The van der Waals surface area contributed by atoms with Crippen LogP contribution in [0.4, 0.5) is 0 Å². The fourth-order valence-corrected chi connectivity index (χ4v) is 2.15. The normalized spacial score (nSPS) is 17.5. The van der Waals surface area contributed by atoms with Gasteiger partial charge in [-0.3, -0.25) is 9.79 Å². The van der Waals surface area contributed by atoms with Gasteiger partial charge in [-0.15, -0.1) is 0 Å². The first-order valence-electron chi connectivity index (χ1n) is 5.93. The fraction of sp³-hybridized carbons (Fsp3) is 0.818. The molecule has 1 unspecified atom stereocenters. The number of aliphatic imine (C=N–C) groups is 1. The third kappa shape index (κ3) is 5.39. The van der Waals surface area contributed by atoms with Crippen LogP contribution in [0, 0.1) is 0 Å². The van der Waals surface area contributed by atoms with Gasteiger partial charge in [0.1, 0.15) is 0 Å². The molecule has 4 nitrogen and oxygen atoms in total. The number of carbonyl (C=O) groups excluding carboxylic acids is 1. The molecule has 1 aliphatic rings. The van der Waals surface area contributed by atoms with Crippen LogP contribution >= 0.6 is 11.8 Å². The standard InChI is InChI=1S/C11H21N3OS/c1-3-9(2)14-10(15)5-7-13-11-12-6-4-8-16-11/h9H,3-8H2,1-2H3,(H,12,13)(H,14,15). The summed E-state index contributed by atoms with van der Waals surface area (Å²) in [6.07, 6.45) is 2.65. The van der Waals surface area contributed by atoms with E-state index in [9.17, 15) is 4.79 Å². The van der Waals surface area contributed by atoms with Gasteiger partial charge in [0.25, 0.3) is 0 Å². The lowest BCUT2D eigenvalue weighted by Gasteiger charge is -2.14. The Balaban J connectivity index is 2.10. The Morgan fingerprint density at radius 2 is 2.44 bits per heavy atom. The average Bonchev–Trinajstić information content (AvgIpc) is 2.30. The molecule has 1 rings (SSSR count). The van der Waals surface area contributed by atoms with E-state index < -0.39 is 0 Å². The zero-order chi connectivity index (χ0) is 11.8. The summed E-state index contributed by atoms with van der Waals surface area (Å²) in [6, 6.07) is 0.272. The van der Waals surface area contributed by atoms with Gasteiger partial charge < -0.3 is 10.6 Å². The number of hydrogen-bond donors (Lipinski definition) is 2. The minimum atomic E-state index is 0.114. The summed E-state index contributed by atoms with van der Waals surface area (Å²) in [5, 5.41) is 7.13. The molecule has 92 valence electrons. The monoisotopic (exact) mass is 243 g/mol. The van der Waals surface area contributed by atoms with Crippen LogP contribution in [0.2, 0.25) is 0 Å². The molecule has 0 aromatic rings. The van der Waals surface area contributed by atoms with E-state index >= 15 is 0 Å². The van der Waals surface area contributed by atoms with Gasteiger partial charge >= 0.3 is 0 Å². The van der Waals surface area contributed by atoms with Crippen molar-refractivity contribution in [3.63, 3.8) is 0 Å². The molecule has 0 spiro atoms. The van der Waals surface area contributed by atoms with Gasteiger partial charge in [-0.25, -0.2) is 0 Å². The summed E-state index contributed by atoms with van der Waals surface area (Å²) in [5.41, 5.74) is 0. The molecule has 0 aromatic carbocycles. The van der Waals surface area contributed by atoms with Crippen LogP contribution in [-0.2, 0) is 4.79 Å². The summed E-state index contributed by atoms with van der Waals surface area (Å²) in [5.74, 6) is 1.24. The summed E-state index contributed by atoms with van der Waals surface area (Å²) in [7, 11) is 0. The van der Waals surface area contributed by atoms with E-state index in [-0.39, 0.29) is 11.9 Å². The Labute approximate surface area is 102 Å². The van der Waals surface area contributed by atoms with Gasteiger partial charge in [-0.2, -0.15) is 0 Å². The summed E-state index contributed by atoms with van der Waals surface area (Å²) >= 11 is 1.74. The number of hydrogen-bond acceptors (Lipinski definition) is 4. The number of amides is 1. The quantitative estimate of drug-likeness (QED) is 0.767. The van der Waals surface area contributed by atoms with Crippen molar-refractivity contribution in [1.82, 2.24) is 10.6 Å². The average molecular weight is 243 g/mol. The van der Waals surface area contributed by atoms with E-state index in [1.807, 2.05) is 6.92 Å². The van der Waals surface area contributed by atoms with Gasteiger partial charge in [0.15, 0.2) is 5.17 Å². The number of thioether (sulfide) groups is 1. The number of carbonyl (C=O) groups is 1. The van der Waals surface area contributed by atoms with Crippen molar-refractivity contribution in [2.75, 3.05) is 18.8 Å². The zero-order valence-electron chi connectivity index (χ0n) is 10.1. The highest BCUT2D eigenvalue weighted by molar-refractivity contribution is 8.13. The molecule has 1 aliphatic heterocycles. The van der Waals surface area contributed by atoms with Crippen LogP contribution in [0.15, 0.2) is 4.99 Å². The van der Waals surface area contributed by atoms with E-state index in [0.717, 1.165) is 30.3 Å². The Bertz CT molecular complexity index is 256. The Hall–Kier alpha value is -0.710. The molecule has 2 N–H and O–H groups in total. The maximum absolute atomic E-state index is 11.5. The molecular formula is C11H21N3OS. The first kappa shape index (κ1) is 13.4. The third-order valence-corrected chi connectivity index (χ3v) is 3.48. The van der Waals surface area contributed by atoms with Crippen molar-refractivity contribution in [3.8, 4) is 0 Å². The molecule has 0 saturated heterocycles. The lowest BCUT2D eigenvalue weighted by Crippen LogP contribution is -2.35. The second-order valence-electron chi connectivity index (χ2n) is 3.94. The maximum atomic E-state index is 11.5. The molecule has 16 heavy (non-hydrogen) atoms. The van der Waals surface area contributed by atoms with Crippen LogP contribution in [0.5, 0.6) is 0 Å². The first-order valence-corrected chi connectivity index (χ1v) is 6.91. The predicted octanol–water partition coefficient (Wildman–Crippen LogP) is 1.37. The Kier molecular flexibility index (Phi) is 6.30. The Morgan fingerprint density at radius 1 is 1.62 bits per heavy atom. The SMILES string of the molecule is CCC(C)NC(=O)CCNC1=NCCCS1. The van der Waals surface area contributed by atoms with Crippen molar-refractivity contribution in [2.24, 2.45) is 4.99 Å². The van der Waals surface area contributed by atoms with Gasteiger partial charge in [0, 0.05) is 31.3 Å². The highest BCUT2D eigenvalue weighted by Crippen LogP contribution is 2.09. The maximum Gasteiger partial charge on any atom is 0.221 e. The van der Waals surface area contributed by atoms with E-state index in [4.69, 9.17) is 0 Å². The van der Waals surface area contributed by atoms with Crippen molar-refractivity contribution in [2.45, 2.75) is 39.2 Å². The number of nitrogens with one attached hydrogen (secondary N) is 2.